The van der Waals surface area contributed by atoms with E-state index in [-0.39, 0.29) is 6.42 Å². The third-order valence-corrected chi connectivity index (χ3v) is 8.63. The first-order chi connectivity index (χ1) is 21.0. The molecule has 0 amide bonds. The number of benzene rings is 3. The molecule has 0 atom stereocenters. The molecule has 0 saturated carbocycles. The molecule has 4 aromatic rings. The van der Waals surface area contributed by atoms with Crippen molar-refractivity contribution in [1.29, 1.82) is 0 Å². The molecule has 5 rings (SSSR count). The third kappa shape index (κ3) is 9.33. The fourth-order valence-corrected chi connectivity index (χ4v) is 6.21. The summed E-state index contributed by atoms with van der Waals surface area (Å²) in [7, 11) is -4.31. The van der Waals surface area contributed by atoms with Crippen LogP contribution in [0.2, 0.25) is 0 Å². The van der Waals surface area contributed by atoms with Crippen LogP contribution in [-0.4, -0.2) is 71.6 Å². The molecule has 0 radical (unpaired) electrons. The Hall–Kier alpha value is -3.32. The van der Waals surface area contributed by atoms with E-state index in [1.54, 1.807) is 11.3 Å². The van der Waals surface area contributed by atoms with E-state index >= 15 is 0 Å². The summed E-state index contributed by atoms with van der Waals surface area (Å²) < 4.78 is 65.7. The van der Waals surface area contributed by atoms with Gasteiger partial charge in [0.25, 0.3) is 5.01 Å². The number of rotatable bonds is 7. The zero-order valence-corrected chi connectivity index (χ0v) is 25.4. The molecule has 0 saturated heterocycles. The van der Waals surface area contributed by atoms with Gasteiger partial charge in [-0.15, -0.1) is 0 Å². The fraction of sp³-hybridized carbons (Fsp3) is 0.344. The number of hydrogen-bond donors (Lipinski definition) is 0. The second-order valence-electron chi connectivity index (χ2n) is 9.83. The SMILES string of the molecule is O=S(=O)([O-])CCC[n+]1c(/C=C/c2ccc3c(c2)OCCOCCOCCOCCO3)sc2ccc(-c3ccccc3)cc21. The van der Waals surface area contributed by atoms with E-state index in [2.05, 4.69) is 34.9 Å². The van der Waals surface area contributed by atoms with E-state index in [0.29, 0.717) is 70.9 Å². The number of aromatic nitrogens is 1. The van der Waals surface area contributed by atoms with Gasteiger partial charge in [0, 0.05) is 24.3 Å². The molecule has 2 heterocycles. The van der Waals surface area contributed by atoms with Crippen LogP contribution in [-0.2, 0) is 30.9 Å². The van der Waals surface area contributed by atoms with Crippen molar-refractivity contribution in [2.45, 2.75) is 13.0 Å². The molecule has 3 aromatic carbocycles. The standard InChI is InChI=1S/C32H35NO8S2/c34-43(35,36)22-4-13-33-28-24-27(26-5-2-1-3-6-26)9-11-31(28)42-32(33)12-8-25-7-10-29-30(23-25)41-21-19-39-17-15-37-14-16-38-18-20-40-29/h1-3,5-12,23-24H,4,13-22H2/b12-8+. The van der Waals surface area contributed by atoms with Gasteiger partial charge in [0.05, 0.1) is 49.8 Å². The maximum atomic E-state index is 11.3. The summed E-state index contributed by atoms with van der Waals surface area (Å²) in [5.41, 5.74) is 4.04. The Morgan fingerprint density at radius 2 is 1.42 bits per heavy atom. The Bertz CT molecular complexity index is 1620. The molecule has 0 fully saturated rings. The second-order valence-corrected chi connectivity index (χ2v) is 12.4. The van der Waals surface area contributed by atoms with E-state index in [4.69, 9.17) is 23.7 Å². The normalized spacial score (nSPS) is 15.7. The smallest absolute Gasteiger partial charge is 0.262 e. The second kappa shape index (κ2) is 15.4. The lowest BCUT2D eigenvalue weighted by molar-refractivity contribution is -0.668. The van der Waals surface area contributed by atoms with Gasteiger partial charge < -0.3 is 28.2 Å². The van der Waals surface area contributed by atoms with Gasteiger partial charge in [-0.1, -0.05) is 53.8 Å². The summed E-state index contributed by atoms with van der Waals surface area (Å²) in [6.07, 6.45) is 4.21. The lowest BCUT2D eigenvalue weighted by Crippen LogP contribution is -2.36. The van der Waals surface area contributed by atoms with E-state index in [0.717, 1.165) is 31.9 Å². The monoisotopic (exact) mass is 625 g/mol. The van der Waals surface area contributed by atoms with Crippen LogP contribution in [0.15, 0.2) is 66.7 Å². The van der Waals surface area contributed by atoms with Gasteiger partial charge in [-0.25, -0.2) is 8.42 Å². The topological polar surface area (TPSA) is 107 Å². The summed E-state index contributed by atoms with van der Waals surface area (Å²) in [4.78, 5) is 0. The Kier molecular flexibility index (Phi) is 11.2. The summed E-state index contributed by atoms with van der Waals surface area (Å²) >= 11 is 1.61. The number of thiazole rings is 1. The summed E-state index contributed by atoms with van der Waals surface area (Å²) in [6.45, 7) is 4.00. The predicted molar refractivity (Wildman–Crippen MR) is 165 cm³/mol. The van der Waals surface area contributed by atoms with Crippen molar-refractivity contribution in [2.24, 2.45) is 0 Å². The molecule has 0 spiro atoms. The summed E-state index contributed by atoms with van der Waals surface area (Å²) in [5, 5.41) is 0.935. The number of ether oxygens (including phenoxy) is 5. The Morgan fingerprint density at radius 1 is 0.744 bits per heavy atom. The Morgan fingerprint density at radius 3 is 2.12 bits per heavy atom. The highest BCUT2D eigenvalue weighted by molar-refractivity contribution is 7.85. The lowest BCUT2D eigenvalue weighted by Gasteiger charge is -2.13. The van der Waals surface area contributed by atoms with Crippen LogP contribution in [0, 0.1) is 0 Å². The molecule has 1 aliphatic heterocycles. The van der Waals surface area contributed by atoms with E-state index < -0.39 is 15.9 Å². The average molecular weight is 626 g/mol. The quantitative estimate of drug-likeness (QED) is 0.213. The van der Waals surface area contributed by atoms with Crippen LogP contribution in [0.4, 0.5) is 0 Å². The van der Waals surface area contributed by atoms with Crippen molar-refractivity contribution >= 4 is 43.8 Å². The first kappa shape index (κ1) is 31.1. The Labute approximate surface area is 256 Å². The van der Waals surface area contributed by atoms with Gasteiger partial charge in [0.2, 0.25) is 5.52 Å². The molecular formula is C32H35NO8S2. The Balaban J connectivity index is 1.41. The summed E-state index contributed by atoms with van der Waals surface area (Å²) in [6, 6.07) is 22.1. The van der Waals surface area contributed by atoms with Crippen LogP contribution >= 0.6 is 11.3 Å². The minimum atomic E-state index is -4.31. The molecule has 9 nitrogen and oxygen atoms in total. The maximum absolute atomic E-state index is 11.3. The van der Waals surface area contributed by atoms with Crippen LogP contribution in [0.3, 0.4) is 0 Å². The molecule has 0 bridgehead atoms. The minimum Gasteiger partial charge on any atom is -0.748 e. The van der Waals surface area contributed by atoms with Gasteiger partial charge >= 0.3 is 0 Å². The zero-order valence-electron chi connectivity index (χ0n) is 23.8. The number of aryl methyl sites for hydroxylation is 1. The van der Waals surface area contributed by atoms with E-state index in [9.17, 15) is 13.0 Å². The van der Waals surface area contributed by atoms with Crippen molar-refractivity contribution < 1.29 is 41.2 Å². The van der Waals surface area contributed by atoms with Crippen molar-refractivity contribution in [3.63, 3.8) is 0 Å². The van der Waals surface area contributed by atoms with Crippen molar-refractivity contribution in [2.75, 3.05) is 58.6 Å². The molecule has 228 valence electrons. The third-order valence-electron chi connectivity index (χ3n) is 6.71. The number of fused-ring (bicyclic) bond motifs is 2. The van der Waals surface area contributed by atoms with E-state index in [1.807, 2.05) is 48.6 Å². The van der Waals surface area contributed by atoms with Gasteiger partial charge in [0.15, 0.2) is 18.0 Å². The van der Waals surface area contributed by atoms with Gasteiger partial charge in [0.1, 0.15) is 17.9 Å². The molecule has 0 unspecified atom stereocenters. The van der Waals surface area contributed by atoms with Crippen LogP contribution in [0.5, 0.6) is 11.5 Å². The van der Waals surface area contributed by atoms with Gasteiger partial charge in [-0.2, -0.15) is 4.57 Å². The van der Waals surface area contributed by atoms with Crippen molar-refractivity contribution in [3.8, 4) is 22.6 Å². The lowest BCUT2D eigenvalue weighted by atomic mass is 10.1. The van der Waals surface area contributed by atoms with Gasteiger partial charge in [-0.3, -0.25) is 0 Å². The molecule has 11 heteroatoms. The molecule has 0 aliphatic carbocycles. The first-order valence-corrected chi connectivity index (χ1v) is 16.6. The largest absolute Gasteiger partial charge is 0.748 e. The number of nitrogens with zero attached hydrogens (tertiary/aromatic N) is 1. The van der Waals surface area contributed by atoms with Crippen LogP contribution < -0.4 is 14.0 Å². The first-order valence-electron chi connectivity index (χ1n) is 14.2. The molecule has 1 aliphatic rings. The molecular weight excluding hydrogens is 590 g/mol. The highest BCUT2D eigenvalue weighted by Gasteiger charge is 2.20. The average Bonchev–Trinajstić information content (AvgIpc) is 3.34. The van der Waals surface area contributed by atoms with Crippen LogP contribution in [0.25, 0.3) is 33.5 Å². The van der Waals surface area contributed by atoms with Crippen molar-refractivity contribution in [3.05, 3.63) is 77.3 Å². The molecule has 43 heavy (non-hydrogen) atoms. The van der Waals surface area contributed by atoms with E-state index in [1.165, 1.54) is 0 Å². The van der Waals surface area contributed by atoms with Crippen molar-refractivity contribution in [1.82, 2.24) is 0 Å². The molecule has 0 N–H and O–H groups in total. The molecule has 1 aromatic heterocycles. The zero-order chi connectivity index (χ0) is 29.9. The predicted octanol–water partition coefficient (Wildman–Crippen LogP) is 4.78. The summed E-state index contributed by atoms with van der Waals surface area (Å²) in [5.74, 6) is 0.813. The van der Waals surface area contributed by atoms with Gasteiger partial charge in [-0.05, 0) is 41.0 Å². The maximum Gasteiger partial charge on any atom is 0.262 e. The fourth-order valence-electron chi connectivity index (χ4n) is 4.66. The minimum absolute atomic E-state index is 0.223. The number of hydrogen-bond acceptors (Lipinski definition) is 9. The highest BCUT2D eigenvalue weighted by atomic mass is 32.2. The highest BCUT2D eigenvalue weighted by Crippen LogP contribution is 2.31. The van der Waals surface area contributed by atoms with Crippen LogP contribution in [0.1, 0.15) is 17.0 Å².